The Morgan fingerprint density at radius 3 is 2.23 bits per heavy atom. The molecule has 3 N–H and O–H groups in total. The molecule has 0 bridgehead atoms. The van der Waals surface area contributed by atoms with Gasteiger partial charge in [0.2, 0.25) is 11.8 Å². The fraction of sp³-hybridized carbons (Fsp3) is 0.423. The van der Waals surface area contributed by atoms with Crippen LogP contribution in [0, 0.1) is 11.7 Å². The summed E-state index contributed by atoms with van der Waals surface area (Å²) < 4.78 is 13.4. The molecule has 1 saturated carbocycles. The molecular weight excluding hydrogens is 491 g/mol. The second-order valence-electron chi connectivity index (χ2n) is 9.36. The van der Waals surface area contributed by atoms with Gasteiger partial charge in [-0.05, 0) is 47.6 Å². The minimum absolute atomic E-state index is 0.0134. The molecule has 2 aromatic carbocycles. The van der Waals surface area contributed by atoms with Gasteiger partial charge >= 0.3 is 5.97 Å². The van der Waals surface area contributed by atoms with Crippen molar-refractivity contribution in [1.29, 1.82) is 0 Å². The van der Waals surface area contributed by atoms with Gasteiger partial charge in [0, 0.05) is 6.42 Å². The zero-order valence-corrected chi connectivity index (χ0v) is 21.3. The summed E-state index contributed by atoms with van der Waals surface area (Å²) in [5.41, 5.74) is 1.10. The molecule has 1 fully saturated rings. The van der Waals surface area contributed by atoms with Crippen LogP contribution in [-0.2, 0) is 20.8 Å². The lowest BCUT2D eigenvalue weighted by molar-refractivity contribution is -0.143. The summed E-state index contributed by atoms with van der Waals surface area (Å²) in [5, 5.41) is 14.7. The smallest absolute Gasteiger partial charge is 0.326 e. The van der Waals surface area contributed by atoms with E-state index in [1.54, 1.807) is 30.3 Å². The molecule has 2 unspecified atom stereocenters. The third-order valence-electron chi connectivity index (χ3n) is 6.40. The molecule has 6 nitrogen and oxygen atoms in total. The van der Waals surface area contributed by atoms with Gasteiger partial charge in [-0.2, -0.15) is 12.6 Å². The molecule has 0 heterocycles. The average Bonchev–Trinajstić information content (AvgIpc) is 3.30. The summed E-state index contributed by atoms with van der Waals surface area (Å²) >= 11 is 10.2. The summed E-state index contributed by atoms with van der Waals surface area (Å²) in [4.78, 5) is 37.8. The Morgan fingerprint density at radius 2 is 1.69 bits per heavy atom. The Morgan fingerprint density at radius 1 is 1.09 bits per heavy atom. The van der Waals surface area contributed by atoms with Gasteiger partial charge in [-0.15, -0.1) is 0 Å². The van der Waals surface area contributed by atoms with E-state index in [9.17, 15) is 23.9 Å². The van der Waals surface area contributed by atoms with E-state index >= 15 is 0 Å². The van der Waals surface area contributed by atoms with E-state index in [0.29, 0.717) is 18.4 Å². The molecule has 1 aliphatic carbocycles. The van der Waals surface area contributed by atoms with Crippen molar-refractivity contribution in [3.63, 3.8) is 0 Å². The van der Waals surface area contributed by atoms with Crippen molar-refractivity contribution in [2.45, 2.75) is 62.8 Å². The lowest BCUT2D eigenvalue weighted by Gasteiger charge is -2.32. The maximum Gasteiger partial charge on any atom is 0.326 e. The van der Waals surface area contributed by atoms with E-state index in [1.807, 2.05) is 13.8 Å². The number of carbonyl (C=O) groups is 3. The topological polar surface area (TPSA) is 95.5 Å². The number of rotatable bonds is 9. The first-order valence-corrected chi connectivity index (χ1v) is 12.5. The van der Waals surface area contributed by atoms with Crippen LogP contribution >= 0.6 is 24.2 Å². The van der Waals surface area contributed by atoms with Crippen molar-refractivity contribution in [2.24, 2.45) is 5.92 Å². The van der Waals surface area contributed by atoms with Gasteiger partial charge in [0.15, 0.2) is 0 Å². The van der Waals surface area contributed by atoms with Crippen LogP contribution in [0.3, 0.4) is 0 Å². The number of amides is 2. The van der Waals surface area contributed by atoms with Crippen molar-refractivity contribution in [1.82, 2.24) is 10.6 Å². The Balaban J connectivity index is 1.72. The van der Waals surface area contributed by atoms with E-state index < -0.39 is 34.5 Å². The van der Waals surface area contributed by atoms with Crippen LogP contribution < -0.4 is 10.6 Å². The molecule has 188 valence electrons. The Labute approximate surface area is 215 Å². The molecule has 0 aliphatic heterocycles. The Bertz CT molecular complexity index is 1090. The highest BCUT2D eigenvalue weighted by molar-refractivity contribution is 7.81. The third kappa shape index (κ3) is 6.55. The predicted octanol–water partition coefficient (Wildman–Crippen LogP) is 4.64. The number of hydrogen-bond acceptors (Lipinski definition) is 4. The van der Waals surface area contributed by atoms with E-state index in [2.05, 4.69) is 23.3 Å². The molecule has 9 heteroatoms. The van der Waals surface area contributed by atoms with Crippen LogP contribution in [0.1, 0.15) is 45.1 Å². The number of carboxylic acids is 1. The van der Waals surface area contributed by atoms with Gasteiger partial charge in [-0.1, -0.05) is 68.6 Å². The van der Waals surface area contributed by atoms with Gasteiger partial charge in [0.25, 0.3) is 0 Å². The van der Waals surface area contributed by atoms with Crippen LogP contribution in [0.4, 0.5) is 4.39 Å². The SMILES string of the molecule is CC(C)C(S)C(=O)NC1(C(=O)NC(Cc2ccc(-c3ccc(F)c(Cl)c3)cc2)C(=O)O)CCCC1. The van der Waals surface area contributed by atoms with Crippen LogP contribution in [0.2, 0.25) is 5.02 Å². The minimum Gasteiger partial charge on any atom is -0.480 e. The molecule has 35 heavy (non-hydrogen) atoms. The molecule has 0 saturated heterocycles. The molecule has 0 radical (unpaired) electrons. The number of aliphatic carboxylic acids is 1. The van der Waals surface area contributed by atoms with Crippen molar-refractivity contribution in [2.75, 3.05) is 0 Å². The standard InChI is InChI=1S/C26H30ClFN2O4S/c1-15(2)22(35)23(31)30-26(11-3-4-12-26)25(34)29-21(24(32)33)13-16-5-7-17(8-6-16)18-9-10-20(28)19(27)14-18/h5-10,14-15,21-22,35H,3-4,11-13H2,1-2H3,(H,29,34)(H,30,31)(H,32,33). The normalized spacial score (nSPS) is 16.5. The van der Waals surface area contributed by atoms with Gasteiger partial charge < -0.3 is 15.7 Å². The van der Waals surface area contributed by atoms with Gasteiger partial charge in [0.1, 0.15) is 17.4 Å². The van der Waals surface area contributed by atoms with E-state index in [4.69, 9.17) is 11.6 Å². The van der Waals surface area contributed by atoms with Crippen molar-refractivity contribution in [3.05, 3.63) is 58.9 Å². The molecule has 0 spiro atoms. The van der Waals surface area contributed by atoms with Crippen molar-refractivity contribution < 1.29 is 23.9 Å². The molecule has 0 aromatic heterocycles. The molecule has 2 aromatic rings. The largest absolute Gasteiger partial charge is 0.480 e. The highest BCUT2D eigenvalue weighted by Gasteiger charge is 2.44. The van der Waals surface area contributed by atoms with Crippen molar-refractivity contribution >= 4 is 42.0 Å². The third-order valence-corrected chi connectivity index (χ3v) is 7.52. The van der Waals surface area contributed by atoms with Gasteiger partial charge in [-0.25, -0.2) is 9.18 Å². The molecular formula is C26H30ClFN2O4S. The van der Waals surface area contributed by atoms with Crippen LogP contribution in [0.5, 0.6) is 0 Å². The number of carboxylic acid groups (broad SMARTS) is 1. The summed E-state index contributed by atoms with van der Waals surface area (Å²) in [6.45, 7) is 3.74. The Hall–Kier alpha value is -2.58. The van der Waals surface area contributed by atoms with Gasteiger partial charge in [-0.3, -0.25) is 9.59 Å². The maximum atomic E-state index is 13.4. The lowest BCUT2D eigenvalue weighted by atomic mass is 9.94. The number of carbonyl (C=O) groups excluding carboxylic acids is 2. The van der Waals surface area contributed by atoms with E-state index in [-0.39, 0.29) is 23.3 Å². The lowest BCUT2D eigenvalue weighted by Crippen LogP contribution is -2.61. The number of nitrogens with one attached hydrogen (secondary N) is 2. The first kappa shape index (κ1) is 27.0. The van der Waals surface area contributed by atoms with Crippen molar-refractivity contribution in [3.8, 4) is 11.1 Å². The fourth-order valence-corrected chi connectivity index (χ4v) is 4.49. The predicted molar refractivity (Wildman–Crippen MR) is 137 cm³/mol. The zero-order chi connectivity index (χ0) is 25.8. The summed E-state index contributed by atoms with van der Waals surface area (Å²) in [7, 11) is 0. The highest BCUT2D eigenvalue weighted by Crippen LogP contribution is 2.31. The zero-order valence-electron chi connectivity index (χ0n) is 19.7. The highest BCUT2D eigenvalue weighted by atomic mass is 35.5. The Kier molecular flexibility index (Phi) is 8.83. The van der Waals surface area contributed by atoms with Crippen LogP contribution in [-0.4, -0.2) is 39.7 Å². The quantitative estimate of drug-likeness (QED) is 0.362. The number of hydrogen-bond donors (Lipinski definition) is 4. The summed E-state index contributed by atoms with van der Waals surface area (Å²) in [6.07, 6.45) is 2.49. The first-order chi connectivity index (χ1) is 16.5. The van der Waals surface area contributed by atoms with E-state index in [1.165, 1.54) is 12.1 Å². The van der Waals surface area contributed by atoms with Crippen LogP contribution in [0.25, 0.3) is 11.1 Å². The monoisotopic (exact) mass is 520 g/mol. The molecule has 2 amide bonds. The minimum atomic E-state index is -1.17. The summed E-state index contributed by atoms with van der Waals surface area (Å²) in [5.74, 6) is -2.50. The molecule has 2 atom stereocenters. The fourth-order valence-electron chi connectivity index (χ4n) is 4.24. The average molecular weight is 521 g/mol. The van der Waals surface area contributed by atoms with Crippen LogP contribution in [0.15, 0.2) is 42.5 Å². The second kappa shape index (κ2) is 11.4. The molecule has 3 rings (SSSR count). The van der Waals surface area contributed by atoms with E-state index in [0.717, 1.165) is 24.0 Å². The molecule has 1 aliphatic rings. The summed E-state index contributed by atoms with van der Waals surface area (Å²) in [6, 6.07) is 10.4. The first-order valence-electron chi connectivity index (χ1n) is 11.6. The number of thiol groups is 1. The van der Waals surface area contributed by atoms with Gasteiger partial charge in [0.05, 0.1) is 10.3 Å². The number of halogens is 2. The number of benzene rings is 2. The second-order valence-corrected chi connectivity index (χ2v) is 10.3. The maximum absolute atomic E-state index is 13.4.